The Labute approximate surface area is 123 Å². The van der Waals surface area contributed by atoms with Crippen LogP contribution < -0.4 is 4.90 Å². The number of halogens is 1. The minimum Gasteiger partial charge on any atom is -0.372 e. The van der Waals surface area contributed by atoms with Crippen LogP contribution in [0.2, 0.25) is 0 Å². The smallest absolute Gasteiger partial charge is 0.0924 e. The first-order valence-electron chi connectivity index (χ1n) is 6.66. The van der Waals surface area contributed by atoms with Gasteiger partial charge in [-0.15, -0.1) is 11.6 Å². The van der Waals surface area contributed by atoms with Crippen LogP contribution in [-0.4, -0.2) is 36.2 Å². The summed E-state index contributed by atoms with van der Waals surface area (Å²) in [6, 6.07) is 14.1. The first-order chi connectivity index (χ1) is 9.75. The average molecular weight is 286 g/mol. The molecule has 0 saturated carbocycles. The molecular weight excluding hydrogens is 270 g/mol. The number of benzene rings is 1. The maximum atomic E-state index is 6.34. The average Bonchev–Trinajstić information content (AvgIpc) is 2.47. The fourth-order valence-electron chi connectivity index (χ4n) is 2.46. The van der Waals surface area contributed by atoms with E-state index in [2.05, 4.69) is 29.1 Å². The maximum absolute atomic E-state index is 6.34. The molecular formula is C16H16ClN3. The molecule has 3 nitrogen and oxygen atoms in total. The van der Waals surface area contributed by atoms with Gasteiger partial charge in [-0.25, -0.2) is 0 Å². The molecule has 0 saturated heterocycles. The van der Waals surface area contributed by atoms with Crippen molar-refractivity contribution in [1.82, 2.24) is 4.98 Å². The molecule has 3 rings (SSSR count). The third-order valence-electron chi connectivity index (χ3n) is 3.40. The van der Waals surface area contributed by atoms with Crippen molar-refractivity contribution >= 4 is 23.0 Å². The number of nitrogens with zero attached hydrogens (tertiary/aromatic N) is 3. The summed E-state index contributed by atoms with van der Waals surface area (Å²) >= 11 is 6.34. The quantitative estimate of drug-likeness (QED) is 0.754. The van der Waals surface area contributed by atoms with Gasteiger partial charge in [0.2, 0.25) is 0 Å². The van der Waals surface area contributed by atoms with E-state index in [0.717, 1.165) is 29.2 Å². The fraction of sp³-hybridized carbons (Fsp3) is 0.250. The molecule has 0 radical (unpaired) electrons. The lowest BCUT2D eigenvalue weighted by Gasteiger charge is -2.27. The Bertz CT molecular complexity index is 625. The largest absolute Gasteiger partial charge is 0.372 e. The first-order valence-corrected chi connectivity index (χ1v) is 7.10. The third-order valence-corrected chi connectivity index (χ3v) is 3.67. The number of aromatic nitrogens is 1. The van der Waals surface area contributed by atoms with Crippen molar-refractivity contribution in [3.05, 3.63) is 59.9 Å². The van der Waals surface area contributed by atoms with E-state index in [4.69, 9.17) is 16.6 Å². The first kappa shape index (κ1) is 13.1. The van der Waals surface area contributed by atoms with E-state index in [1.165, 1.54) is 0 Å². The molecule has 1 unspecified atom stereocenters. The van der Waals surface area contributed by atoms with E-state index < -0.39 is 0 Å². The molecule has 2 heterocycles. The van der Waals surface area contributed by atoms with Gasteiger partial charge in [0.15, 0.2) is 0 Å². The summed E-state index contributed by atoms with van der Waals surface area (Å²) < 4.78 is 0. The number of hydrogen-bond acceptors (Lipinski definition) is 3. The molecule has 102 valence electrons. The van der Waals surface area contributed by atoms with Crippen LogP contribution in [0.1, 0.15) is 11.3 Å². The van der Waals surface area contributed by atoms with Crippen LogP contribution in [0.3, 0.4) is 0 Å². The Hall–Kier alpha value is -1.87. The highest BCUT2D eigenvalue weighted by Crippen LogP contribution is 2.25. The maximum Gasteiger partial charge on any atom is 0.0924 e. The predicted molar refractivity (Wildman–Crippen MR) is 84.1 cm³/mol. The van der Waals surface area contributed by atoms with Gasteiger partial charge in [-0.05, 0) is 18.2 Å². The van der Waals surface area contributed by atoms with Crippen molar-refractivity contribution in [2.45, 2.75) is 5.38 Å². The van der Waals surface area contributed by atoms with Gasteiger partial charge in [-0.3, -0.25) is 9.98 Å². The van der Waals surface area contributed by atoms with Crippen LogP contribution in [-0.2, 0) is 0 Å². The zero-order chi connectivity index (χ0) is 13.9. The number of alkyl halides is 1. The zero-order valence-electron chi connectivity index (χ0n) is 11.3. The predicted octanol–water partition coefficient (Wildman–Crippen LogP) is 2.98. The van der Waals surface area contributed by atoms with Crippen molar-refractivity contribution in [2.75, 3.05) is 25.0 Å². The monoisotopic (exact) mass is 285 g/mol. The van der Waals surface area contributed by atoms with Gasteiger partial charge < -0.3 is 4.90 Å². The summed E-state index contributed by atoms with van der Waals surface area (Å²) in [4.78, 5) is 11.3. The second-order valence-corrected chi connectivity index (χ2v) is 5.52. The molecule has 0 spiro atoms. The highest BCUT2D eigenvalue weighted by molar-refractivity contribution is 6.22. The van der Waals surface area contributed by atoms with Crippen LogP contribution in [0, 0.1) is 0 Å². The van der Waals surface area contributed by atoms with Gasteiger partial charge in [0, 0.05) is 31.0 Å². The summed E-state index contributed by atoms with van der Waals surface area (Å²) in [7, 11) is 2.07. The number of pyridine rings is 1. The molecule has 1 aliphatic rings. The molecule has 0 aliphatic carbocycles. The van der Waals surface area contributed by atoms with E-state index >= 15 is 0 Å². The van der Waals surface area contributed by atoms with E-state index in [0.29, 0.717) is 6.54 Å². The number of fused-ring (bicyclic) bond motifs is 1. The van der Waals surface area contributed by atoms with Crippen molar-refractivity contribution in [2.24, 2.45) is 4.99 Å². The molecule has 20 heavy (non-hydrogen) atoms. The Morgan fingerprint density at radius 1 is 1.15 bits per heavy atom. The molecule has 0 amide bonds. The number of aliphatic imine (C=N–C) groups is 1. The number of hydrogen-bond donors (Lipinski definition) is 0. The molecule has 1 atom stereocenters. The Balaban J connectivity index is 2.16. The van der Waals surface area contributed by atoms with Crippen LogP contribution in [0.5, 0.6) is 0 Å². The molecule has 1 aromatic heterocycles. The normalized spacial score (nSPS) is 18.8. The Kier molecular flexibility index (Phi) is 3.70. The molecule has 4 heteroatoms. The molecule has 0 N–H and O–H groups in total. The van der Waals surface area contributed by atoms with Gasteiger partial charge in [0.1, 0.15) is 0 Å². The molecule has 0 fully saturated rings. The SMILES string of the molecule is CN1CC(Cl)CN=C(c2ccccn2)c2ccccc21. The van der Waals surface area contributed by atoms with Gasteiger partial charge >= 0.3 is 0 Å². The van der Waals surface area contributed by atoms with Crippen molar-refractivity contribution < 1.29 is 0 Å². The van der Waals surface area contributed by atoms with Crippen molar-refractivity contribution in [1.29, 1.82) is 0 Å². The highest BCUT2D eigenvalue weighted by atomic mass is 35.5. The van der Waals surface area contributed by atoms with Crippen LogP contribution in [0.25, 0.3) is 0 Å². The van der Waals surface area contributed by atoms with Crippen LogP contribution >= 0.6 is 11.6 Å². The summed E-state index contributed by atoms with van der Waals surface area (Å²) in [5, 5.41) is 0.00654. The number of anilines is 1. The second-order valence-electron chi connectivity index (χ2n) is 4.90. The lowest BCUT2D eigenvalue weighted by Crippen LogP contribution is -2.31. The van der Waals surface area contributed by atoms with E-state index in [1.807, 2.05) is 30.3 Å². The zero-order valence-corrected chi connectivity index (χ0v) is 12.1. The highest BCUT2D eigenvalue weighted by Gasteiger charge is 2.20. The Morgan fingerprint density at radius 3 is 2.75 bits per heavy atom. The van der Waals surface area contributed by atoms with Crippen molar-refractivity contribution in [3.63, 3.8) is 0 Å². The lowest BCUT2D eigenvalue weighted by atomic mass is 10.0. The molecule has 1 aromatic carbocycles. The topological polar surface area (TPSA) is 28.5 Å². The second kappa shape index (κ2) is 5.63. The molecule has 2 aromatic rings. The van der Waals surface area contributed by atoms with Crippen LogP contribution in [0.4, 0.5) is 5.69 Å². The van der Waals surface area contributed by atoms with E-state index in [9.17, 15) is 0 Å². The summed E-state index contributed by atoms with van der Waals surface area (Å²) in [5.74, 6) is 0. The van der Waals surface area contributed by atoms with E-state index in [1.54, 1.807) is 6.20 Å². The van der Waals surface area contributed by atoms with Gasteiger partial charge in [0.25, 0.3) is 0 Å². The standard InChI is InChI=1S/C16H16ClN3/c1-20-11-12(17)10-19-16(14-7-4-5-9-18-14)13-6-2-3-8-15(13)20/h2-9,12H,10-11H2,1H3. The van der Waals surface area contributed by atoms with Crippen LogP contribution in [0.15, 0.2) is 53.7 Å². The molecule has 1 aliphatic heterocycles. The minimum atomic E-state index is 0.00654. The number of rotatable bonds is 1. The Morgan fingerprint density at radius 2 is 1.95 bits per heavy atom. The summed E-state index contributed by atoms with van der Waals surface area (Å²) in [6.07, 6.45) is 1.79. The fourth-order valence-corrected chi connectivity index (χ4v) is 2.73. The van der Waals surface area contributed by atoms with Gasteiger partial charge in [-0.1, -0.05) is 24.3 Å². The summed E-state index contributed by atoms with van der Waals surface area (Å²) in [5.41, 5.74) is 4.05. The minimum absolute atomic E-state index is 0.00654. The third kappa shape index (κ3) is 2.54. The van der Waals surface area contributed by atoms with Gasteiger partial charge in [0.05, 0.1) is 23.3 Å². The van der Waals surface area contributed by atoms with Gasteiger partial charge in [-0.2, -0.15) is 0 Å². The van der Waals surface area contributed by atoms with Crippen molar-refractivity contribution in [3.8, 4) is 0 Å². The van der Waals surface area contributed by atoms with E-state index in [-0.39, 0.29) is 5.38 Å². The summed E-state index contributed by atoms with van der Waals surface area (Å²) in [6.45, 7) is 1.39. The lowest BCUT2D eigenvalue weighted by molar-refractivity contribution is 0.797. The molecule has 0 bridgehead atoms. The number of para-hydroxylation sites is 1.